The first-order valence-electron chi connectivity index (χ1n) is 6.15. The number of aromatic carboxylic acids is 1. The summed E-state index contributed by atoms with van der Waals surface area (Å²) < 4.78 is 2.37. The van der Waals surface area contributed by atoms with Crippen LogP contribution in [0.4, 0.5) is 0 Å². The summed E-state index contributed by atoms with van der Waals surface area (Å²) in [6.07, 6.45) is 2.24. The van der Waals surface area contributed by atoms with Crippen LogP contribution in [0.25, 0.3) is 5.69 Å². The fourth-order valence-electron chi connectivity index (χ4n) is 2.02. The van der Waals surface area contributed by atoms with Gasteiger partial charge in [0.05, 0.1) is 17.6 Å². The van der Waals surface area contributed by atoms with Crippen molar-refractivity contribution in [3.05, 3.63) is 56.4 Å². The van der Waals surface area contributed by atoms with Gasteiger partial charge in [0, 0.05) is 4.47 Å². The Morgan fingerprint density at radius 2 is 2.20 bits per heavy atom. The molecule has 20 heavy (non-hydrogen) atoms. The molecule has 0 spiro atoms. The average molecular weight is 337 g/mol. The van der Waals surface area contributed by atoms with Gasteiger partial charge in [-0.15, -0.1) is 0 Å². The molecule has 1 aromatic carbocycles. The number of benzene rings is 1. The lowest BCUT2D eigenvalue weighted by atomic mass is 10.1. The number of halogens is 1. The van der Waals surface area contributed by atoms with E-state index in [1.54, 1.807) is 0 Å². The van der Waals surface area contributed by atoms with E-state index in [0.717, 1.165) is 17.1 Å². The highest BCUT2D eigenvalue weighted by Gasteiger charge is 2.18. The Hall–Kier alpha value is -1.95. The zero-order valence-corrected chi connectivity index (χ0v) is 12.4. The van der Waals surface area contributed by atoms with Crippen LogP contribution < -0.4 is 5.43 Å². The van der Waals surface area contributed by atoms with Crippen LogP contribution in [0.15, 0.2) is 39.7 Å². The first-order chi connectivity index (χ1) is 9.54. The van der Waals surface area contributed by atoms with Crippen molar-refractivity contribution in [2.75, 3.05) is 0 Å². The SMILES string of the molecule is CCCc1c(C(=O)O)c(=O)cnn1-c1cccc(Br)c1. The van der Waals surface area contributed by atoms with Gasteiger partial charge in [0.1, 0.15) is 5.56 Å². The monoisotopic (exact) mass is 336 g/mol. The fraction of sp³-hybridized carbons (Fsp3) is 0.214. The molecule has 1 N–H and O–H groups in total. The Morgan fingerprint density at radius 1 is 1.45 bits per heavy atom. The first-order valence-corrected chi connectivity index (χ1v) is 6.94. The zero-order valence-electron chi connectivity index (χ0n) is 10.8. The predicted molar refractivity (Wildman–Crippen MR) is 78.5 cm³/mol. The van der Waals surface area contributed by atoms with E-state index in [9.17, 15) is 14.7 Å². The molecular formula is C14H13BrN2O3. The molecule has 0 aliphatic carbocycles. The van der Waals surface area contributed by atoms with E-state index in [-0.39, 0.29) is 5.56 Å². The van der Waals surface area contributed by atoms with Crippen LogP contribution in [0.2, 0.25) is 0 Å². The lowest BCUT2D eigenvalue weighted by Gasteiger charge is -2.13. The van der Waals surface area contributed by atoms with E-state index in [2.05, 4.69) is 21.0 Å². The van der Waals surface area contributed by atoms with Crippen molar-refractivity contribution in [1.82, 2.24) is 9.78 Å². The molecule has 0 atom stereocenters. The molecule has 0 saturated heterocycles. The van der Waals surface area contributed by atoms with E-state index in [4.69, 9.17) is 0 Å². The van der Waals surface area contributed by atoms with Crippen molar-refractivity contribution in [3.63, 3.8) is 0 Å². The van der Waals surface area contributed by atoms with Crippen molar-refractivity contribution in [2.45, 2.75) is 19.8 Å². The molecule has 104 valence electrons. The highest BCUT2D eigenvalue weighted by atomic mass is 79.9. The van der Waals surface area contributed by atoms with Gasteiger partial charge < -0.3 is 5.11 Å². The summed E-state index contributed by atoms with van der Waals surface area (Å²) in [5, 5.41) is 13.3. The van der Waals surface area contributed by atoms with Gasteiger partial charge in [-0.2, -0.15) is 5.10 Å². The third kappa shape index (κ3) is 2.80. The van der Waals surface area contributed by atoms with Gasteiger partial charge in [-0.25, -0.2) is 9.48 Å². The summed E-state index contributed by atoms with van der Waals surface area (Å²) >= 11 is 3.37. The van der Waals surface area contributed by atoms with E-state index in [0.29, 0.717) is 17.8 Å². The maximum Gasteiger partial charge on any atom is 0.341 e. The lowest BCUT2D eigenvalue weighted by molar-refractivity contribution is 0.0693. The summed E-state index contributed by atoms with van der Waals surface area (Å²) in [5.74, 6) is -1.22. The van der Waals surface area contributed by atoms with E-state index < -0.39 is 11.4 Å². The minimum atomic E-state index is -1.22. The summed E-state index contributed by atoms with van der Waals surface area (Å²) in [6.45, 7) is 1.92. The normalized spacial score (nSPS) is 10.5. The Labute approximate surface area is 124 Å². The minimum absolute atomic E-state index is 0.207. The molecule has 0 aliphatic rings. The number of hydrogen-bond acceptors (Lipinski definition) is 3. The third-order valence-corrected chi connectivity index (χ3v) is 3.33. The van der Waals surface area contributed by atoms with E-state index in [1.165, 1.54) is 4.68 Å². The summed E-state index contributed by atoms with van der Waals surface area (Å²) in [6, 6.07) is 7.33. The minimum Gasteiger partial charge on any atom is -0.477 e. The van der Waals surface area contributed by atoms with Crippen molar-refractivity contribution >= 4 is 21.9 Å². The van der Waals surface area contributed by atoms with Crippen molar-refractivity contribution in [2.24, 2.45) is 0 Å². The highest BCUT2D eigenvalue weighted by Crippen LogP contribution is 2.18. The average Bonchev–Trinajstić information content (AvgIpc) is 2.38. The second-order valence-corrected chi connectivity index (χ2v) is 5.19. The van der Waals surface area contributed by atoms with Gasteiger partial charge in [-0.1, -0.05) is 35.3 Å². The smallest absolute Gasteiger partial charge is 0.341 e. The molecule has 0 amide bonds. The fourth-order valence-corrected chi connectivity index (χ4v) is 2.41. The Morgan fingerprint density at radius 3 is 2.80 bits per heavy atom. The number of rotatable bonds is 4. The van der Waals surface area contributed by atoms with Gasteiger partial charge in [-0.3, -0.25) is 4.79 Å². The summed E-state index contributed by atoms with van der Waals surface area (Å²) in [7, 11) is 0. The van der Waals surface area contributed by atoms with Gasteiger partial charge >= 0.3 is 5.97 Å². The molecule has 0 saturated carbocycles. The lowest BCUT2D eigenvalue weighted by Crippen LogP contribution is -2.24. The van der Waals surface area contributed by atoms with Crippen LogP contribution in [0.5, 0.6) is 0 Å². The number of hydrogen-bond donors (Lipinski definition) is 1. The van der Waals surface area contributed by atoms with Crippen LogP contribution >= 0.6 is 15.9 Å². The zero-order chi connectivity index (χ0) is 14.7. The molecule has 1 aromatic heterocycles. The van der Waals surface area contributed by atoms with Gasteiger partial charge in [0.2, 0.25) is 5.43 Å². The van der Waals surface area contributed by atoms with E-state index >= 15 is 0 Å². The molecular weight excluding hydrogens is 324 g/mol. The maximum absolute atomic E-state index is 11.7. The van der Waals surface area contributed by atoms with E-state index in [1.807, 2.05) is 31.2 Å². The predicted octanol–water partition coefficient (Wildman–Crippen LogP) is 2.65. The topological polar surface area (TPSA) is 72.2 Å². The molecule has 0 aliphatic heterocycles. The number of carboxylic acids is 1. The Balaban J connectivity index is 2.73. The number of nitrogens with zero attached hydrogens (tertiary/aromatic N) is 2. The van der Waals surface area contributed by atoms with Crippen molar-refractivity contribution in [1.29, 1.82) is 0 Å². The number of carboxylic acid groups (broad SMARTS) is 1. The quantitative estimate of drug-likeness (QED) is 0.931. The number of aromatic nitrogens is 2. The second kappa shape index (κ2) is 6.00. The molecule has 2 rings (SSSR count). The molecule has 6 heteroatoms. The Bertz CT molecular complexity index is 710. The molecule has 5 nitrogen and oxygen atoms in total. The molecule has 0 unspecified atom stereocenters. The van der Waals surface area contributed by atoms with Gasteiger partial charge in [-0.05, 0) is 24.6 Å². The van der Waals surface area contributed by atoms with Gasteiger partial charge in [0.25, 0.3) is 0 Å². The van der Waals surface area contributed by atoms with Crippen LogP contribution in [-0.2, 0) is 6.42 Å². The van der Waals surface area contributed by atoms with Crippen LogP contribution in [-0.4, -0.2) is 20.9 Å². The summed E-state index contributed by atoms with van der Waals surface area (Å²) in [4.78, 5) is 23.1. The molecule has 0 radical (unpaired) electrons. The van der Waals surface area contributed by atoms with Gasteiger partial charge in [0.15, 0.2) is 0 Å². The maximum atomic E-state index is 11.7. The van der Waals surface area contributed by atoms with Crippen molar-refractivity contribution < 1.29 is 9.90 Å². The highest BCUT2D eigenvalue weighted by molar-refractivity contribution is 9.10. The summed E-state index contributed by atoms with van der Waals surface area (Å²) in [5.41, 5.74) is 0.366. The molecule has 2 aromatic rings. The first kappa shape index (κ1) is 14.5. The third-order valence-electron chi connectivity index (χ3n) is 2.83. The molecule has 0 fully saturated rings. The second-order valence-electron chi connectivity index (χ2n) is 4.28. The molecule has 0 bridgehead atoms. The molecule has 1 heterocycles. The van der Waals surface area contributed by atoms with Crippen LogP contribution in [0.1, 0.15) is 29.4 Å². The largest absolute Gasteiger partial charge is 0.477 e. The van der Waals surface area contributed by atoms with Crippen LogP contribution in [0.3, 0.4) is 0 Å². The van der Waals surface area contributed by atoms with Crippen molar-refractivity contribution in [3.8, 4) is 5.69 Å². The van der Waals surface area contributed by atoms with Crippen LogP contribution in [0, 0.1) is 0 Å². The Kier molecular flexibility index (Phi) is 4.34. The number of carbonyl (C=O) groups is 1. The standard InChI is InChI=1S/C14H13BrN2O3/c1-2-4-11-13(14(19)20)12(18)8-16-17(11)10-6-3-5-9(15)7-10/h3,5-8H,2,4H2,1H3,(H,19,20).